The molecule has 1 aromatic rings. The maximum atomic E-state index is 12.3. The van der Waals surface area contributed by atoms with Crippen molar-refractivity contribution in [3.63, 3.8) is 0 Å². The number of ether oxygens (including phenoxy) is 1. The predicted octanol–water partition coefficient (Wildman–Crippen LogP) is 1.10. The van der Waals surface area contributed by atoms with Gasteiger partial charge in [-0.15, -0.1) is 0 Å². The molecule has 1 aromatic heterocycles. The van der Waals surface area contributed by atoms with E-state index in [1.54, 1.807) is 6.20 Å². The molecule has 1 aliphatic rings. The lowest BCUT2D eigenvalue weighted by atomic mass is 10.2. The van der Waals surface area contributed by atoms with Crippen LogP contribution in [-0.2, 0) is 9.53 Å². The maximum absolute atomic E-state index is 12.3. The van der Waals surface area contributed by atoms with Gasteiger partial charge in [0.05, 0.1) is 31.0 Å². The zero-order chi connectivity index (χ0) is 16.8. The molecule has 0 spiro atoms. The SMILES string of the molecule is CC[C@H](C)n1nccc1NC(=O)[C@H](C)NC[C@@H]1CN(C)CCO1. The van der Waals surface area contributed by atoms with Crippen LogP contribution in [0.3, 0.4) is 0 Å². The summed E-state index contributed by atoms with van der Waals surface area (Å²) in [5.74, 6) is 0.686. The predicted molar refractivity (Wildman–Crippen MR) is 90.6 cm³/mol. The summed E-state index contributed by atoms with van der Waals surface area (Å²) in [6, 6.07) is 1.80. The third-order valence-corrected chi connectivity index (χ3v) is 4.32. The van der Waals surface area contributed by atoms with E-state index in [4.69, 9.17) is 4.74 Å². The van der Waals surface area contributed by atoms with E-state index in [9.17, 15) is 4.79 Å². The second kappa shape index (κ2) is 8.42. The molecule has 130 valence electrons. The van der Waals surface area contributed by atoms with E-state index in [0.29, 0.717) is 6.54 Å². The fourth-order valence-corrected chi connectivity index (χ4v) is 2.56. The highest BCUT2D eigenvalue weighted by atomic mass is 16.5. The molecule has 2 N–H and O–H groups in total. The van der Waals surface area contributed by atoms with Gasteiger partial charge in [-0.2, -0.15) is 5.10 Å². The van der Waals surface area contributed by atoms with Crippen molar-refractivity contribution in [2.75, 3.05) is 38.6 Å². The number of anilines is 1. The van der Waals surface area contributed by atoms with E-state index in [0.717, 1.165) is 31.9 Å². The zero-order valence-electron chi connectivity index (χ0n) is 14.6. The second-order valence-corrected chi connectivity index (χ2v) is 6.29. The largest absolute Gasteiger partial charge is 0.374 e. The Kier molecular flexibility index (Phi) is 6.56. The Labute approximate surface area is 138 Å². The van der Waals surface area contributed by atoms with Crippen molar-refractivity contribution < 1.29 is 9.53 Å². The van der Waals surface area contributed by atoms with Crippen LogP contribution in [-0.4, -0.2) is 66.0 Å². The molecule has 1 amide bonds. The van der Waals surface area contributed by atoms with Crippen LogP contribution in [0.1, 0.15) is 33.2 Å². The van der Waals surface area contributed by atoms with Gasteiger partial charge in [0.1, 0.15) is 5.82 Å². The average molecular weight is 323 g/mol. The van der Waals surface area contributed by atoms with E-state index >= 15 is 0 Å². The van der Waals surface area contributed by atoms with Crippen LogP contribution in [0.15, 0.2) is 12.3 Å². The van der Waals surface area contributed by atoms with Crippen LogP contribution in [0.2, 0.25) is 0 Å². The number of morpholine rings is 1. The zero-order valence-corrected chi connectivity index (χ0v) is 14.6. The minimum absolute atomic E-state index is 0.0563. The summed E-state index contributed by atoms with van der Waals surface area (Å²) in [7, 11) is 2.09. The van der Waals surface area contributed by atoms with Crippen molar-refractivity contribution >= 4 is 11.7 Å². The highest BCUT2D eigenvalue weighted by Gasteiger charge is 2.21. The van der Waals surface area contributed by atoms with E-state index in [1.807, 2.05) is 17.7 Å². The molecule has 7 heteroatoms. The highest BCUT2D eigenvalue weighted by Crippen LogP contribution is 2.16. The molecule has 0 aliphatic carbocycles. The van der Waals surface area contributed by atoms with E-state index < -0.39 is 0 Å². The molecular formula is C16H29N5O2. The number of rotatable bonds is 7. The first-order chi connectivity index (χ1) is 11.0. The van der Waals surface area contributed by atoms with Gasteiger partial charge in [-0.1, -0.05) is 6.92 Å². The van der Waals surface area contributed by atoms with Gasteiger partial charge in [0.25, 0.3) is 0 Å². The van der Waals surface area contributed by atoms with E-state index in [2.05, 4.69) is 41.5 Å². The standard InChI is InChI=1S/C16H29N5O2/c1-5-12(2)21-15(6-7-18-21)19-16(22)13(3)17-10-14-11-20(4)8-9-23-14/h6-7,12-14,17H,5,8-11H2,1-4H3,(H,19,22)/t12-,13-,14+/m0/s1. The normalized spacial score (nSPS) is 21.8. The summed E-state index contributed by atoms with van der Waals surface area (Å²) in [4.78, 5) is 14.6. The van der Waals surface area contributed by atoms with Gasteiger partial charge in [0.15, 0.2) is 0 Å². The smallest absolute Gasteiger partial charge is 0.242 e. The Morgan fingerprint density at radius 3 is 3.00 bits per heavy atom. The third-order valence-electron chi connectivity index (χ3n) is 4.32. The summed E-state index contributed by atoms with van der Waals surface area (Å²) < 4.78 is 7.55. The van der Waals surface area contributed by atoms with Gasteiger partial charge in [-0.05, 0) is 27.3 Å². The van der Waals surface area contributed by atoms with Gasteiger partial charge in [-0.3, -0.25) is 4.79 Å². The monoisotopic (exact) mass is 323 g/mol. The van der Waals surface area contributed by atoms with Crippen LogP contribution in [0.25, 0.3) is 0 Å². The highest BCUT2D eigenvalue weighted by molar-refractivity contribution is 5.93. The minimum atomic E-state index is -0.286. The van der Waals surface area contributed by atoms with Gasteiger partial charge in [0.2, 0.25) is 5.91 Å². The van der Waals surface area contributed by atoms with Gasteiger partial charge >= 0.3 is 0 Å². The Balaban J connectivity index is 1.82. The van der Waals surface area contributed by atoms with Crippen LogP contribution in [0, 0.1) is 0 Å². The Morgan fingerprint density at radius 1 is 1.52 bits per heavy atom. The molecule has 2 heterocycles. The molecule has 0 radical (unpaired) electrons. The molecule has 0 aromatic carbocycles. The third kappa shape index (κ3) is 5.02. The van der Waals surface area contributed by atoms with Gasteiger partial charge < -0.3 is 20.3 Å². The first-order valence-corrected chi connectivity index (χ1v) is 8.39. The number of carbonyl (C=O) groups excluding carboxylic acids is 1. The first kappa shape index (κ1) is 17.9. The number of aromatic nitrogens is 2. The Hall–Kier alpha value is -1.44. The fraction of sp³-hybridized carbons (Fsp3) is 0.750. The Bertz CT molecular complexity index is 504. The average Bonchev–Trinajstić information content (AvgIpc) is 3.00. The van der Waals surface area contributed by atoms with Crippen molar-refractivity contribution in [3.05, 3.63) is 12.3 Å². The number of likely N-dealkylation sites (N-methyl/N-ethyl adjacent to an activating group) is 1. The summed E-state index contributed by atoms with van der Waals surface area (Å²) in [6.07, 6.45) is 2.81. The number of carbonyl (C=O) groups is 1. The van der Waals surface area contributed by atoms with Gasteiger partial charge in [-0.25, -0.2) is 4.68 Å². The molecular weight excluding hydrogens is 294 g/mol. The summed E-state index contributed by atoms with van der Waals surface area (Å²) >= 11 is 0. The summed E-state index contributed by atoms with van der Waals surface area (Å²) in [6.45, 7) is 9.33. The summed E-state index contributed by atoms with van der Waals surface area (Å²) in [5.41, 5.74) is 0. The minimum Gasteiger partial charge on any atom is -0.374 e. The maximum Gasteiger partial charge on any atom is 0.242 e. The molecule has 1 fully saturated rings. The van der Waals surface area contributed by atoms with Crippen molar-refractivity contribution in [2.45, 2.75) is 45.4 Å². The molecule has 1 aliphatic heterocycles. The molecule has 23 heavy (non-hydrogen) atoms. The first-order valence-electron chi connectivity index (χ1n) is 8.39. The molecule has 2 rings (SSSR count). The summed E-state index contributed by atoms with van der Waals surface area (Å²) in [5, 5.41) is 10.5. The van der Waals surface area contributed by atoms with Crippen molar-refractivity contribution in [1.82, 2.24) is 20.0 Å². The van der Waals surface area contributed by atoms with Crippen LogP contribution >= 0.6 is 0 Å². The number of hydrogen-bond acceptors (Lipinski definition) is 5. The second-order valence-electron chi connectivity index (χ2n) is 6.29. The van der Waals surface area contributed by atoms with Crippen molar-refractivity contribution in [3.8, 4) is 0 Å². The number of amides is 1. The quantitative estimate of drug-likeness (QED) is 0.786. The van der Waals surface area contributed by atoms with Crippen LogP contribution in [0.4, 0.5) is 5.82 Å². The number of nitrogens with zero attached hydrogens (tertiary/aromatic N) is 3. The lowest BCUT2D eigenvalue weighted by molar-refractivity contribution is -0.118. The molecule has 0 saturated carbocycles. The number of nitrogens with one attached hydrogen (secondary N) is 2. The van der Waals surface area contributed by atoms with Crippen molar-refractivity contribution in [2.24, 2.45) is 0 Å². The number of hydrogen-bond donors (Lipinski definition) is 2. The van der Waals surface area contributed by atoms with Gasteiger partial charge in [0, 0.05) is 25.7 Å². The lowest BCUT2D eigenvalue weighted by Crippen LogP contribution is -2.48. The molecule has 1 saturated heterocycles. The fourth-order valence-electron chi connectivity index (χ4n) is 2.56. The van der Waals surface area contributed by atoms with Crippen LogP contribution < -0.4 is 10.6 Å². The van der Waals surface area contributed by atoms with E-state index in [1.165, 1.54) is 0 Å². The van der Waals surface area contributed by atoms with Crippen LogP contribution in [0.5, 0.6) is 0 Å². The molecule has 3 atom stereocenters. The lowest BCUT2D eigenvalue weighted by Gasteiger charge is -2.30. The molecule has 0 bridgehead atoms. The van der Waals surface area contributed by atoms with E-state index in [-0.39, 0.29) is 24.1 Å². The molecule has 0 unspecified atom stereocenters. The van der Waals surface area contributed by atoms with Crippen molar-refractivity contribution in [1.29, 1.82) is 0 Å². The Morgan fingerprint density at radius 2 is 2.30 bits per heavy atom. The molecule has 7 nitrogen and oxygen atoms in total. The topological polar surface area (TPSA) is 71.4 Å².